The van der Waals surface area contributed by atoms with Crippen LogP contribution in [-0.4, -0.2) is 60.8 Å². The summed E-state index contributed by atoms with van der Waals surface area (Å²) in [5.74, 6) is 2.46. The molecule has 5 aromatic rings. The van der Waals surface area contributed by atoms with E-state index in [9.17, 15) is 4.79 Å². The van der Waals surface area contributed by atoms with Crippen molar-refractivity contribution >= 4 is 23.0 Å². The lowest BCUT2D eigenvalue weighted by molar-refractivity contribution is 0.0707. The summed E-state index contributed by atoms with van der Waals surface area (Å²) in [6.07, 6.45) is 13.1. The Balaban J connectivity index is 1.04. The van der Waals surface area contributed by atoms with Gasteiger partial charge in [-0.2, -0.15) is 0 Å². The van der Waals surface area contributed by atoms with E-state index in [1.54, 1.807) is 29.2 Å². The summed E-state index contributed by atoms with van der Waals surface area (Å²) in [5.41, 5.74) is 4.11. The van der Waals surface area contributed by atoms with Gasteiger partial charge in [0.1, 0.15) is 0 Å². The van der Waals surface area contributed by atoms with E-state index in [0.717, 1.165) is 33.8 Å². The first kappa shape index (κ1) is 25.6. The second-order valence-corrected chi connectivity index (χ2v) is 11.2. The standard InChI is InChI=1S/C32H33N7O2/c33-17-23-7-8-28-29(16-23)38-14-11-30(40)39(32(38)36-28)20-24-3-1-4-25(15-24)31-34-18-27(19-35-31)41-21-22-9-12-37(13-10-22)26-5-2-6-26/h1,3-4,7-8,11,14-19,22,26,33H,2,5-6,9-10,12-13,20-21H2. The van der Waals surface area contributed by atoms with Gasteiger partial charge in [-0.15, -0.1) is 0 Å². The Hall–Kier alpha value is -4.37. The number of piperidine rings is 1. The lowest BCUT2D eigenvalue weighted by Crippen LogP contribution is -2.45. The van der Waals surface area contributed by atoms with Crippen LogP contribution in [0.1, 0.15) is 43.2 Å². The molecule has 1 aliphatic heterocycles. The second kappa shape index (κ2) is 10.9. The van der Waals surface area contributed by atoms with Gasteiger partial charge in [-0.05, 0) is 74.0 Å². The number of hydrogen-bond donors (Lipinski definition) is 1. The molecule has 0 spiro atoms. The number of benzene rings is 2. The molecule has 0 radical (unpaired) electrons. The predicted octanol–water partition coefficient (Wildman–Crippen LogP) is 4.80. The monoisotopic (exact) mass is 547 g/mol. The van der Waals surface area contributed by atoms with Crippen LogP contribution in [0.5, 0.6) is 5.75 Å². The molecule has 7 rings (SSSR count). The molecule has 2 fully saturated rings. The van der Waals surface area contributed by atoms with Crippen LogP contribution in [-0.2, 0) is 6.54 Å². The van der Waals surface area contributed by atoms with Gasteiger partial charge in [0.15, 0.2) is 11.6 Å². The van der Waals surface area contributed by atoms with Crippen molar-refractivity contribution in [2.24, 2.45) is 5.92 Å². The number of hydrogen-bond acceptors (Lipinski definition) is 7. The summed E-state index contributed by atoms with van der Waals surface area (Å²) >= 11 is 0. The summed E-state index contributed by atoms with van der Waals surface area (Å²) in [6.45, 7) is 3.45. The first-order valence-electron chi connectivity index (χ1n) is 14.4. The maximum Gasteiger partial charge on any atom is 0.255 e. The SMILES string of the molecule is N=Cc1ccc2nc3n(Cc4cccc(-c5ncc(OCC6CCN(C7CCC7)CC6)cn5)c4)c(=O)ccn3c2c1. The normalized spacial score (nSPS) is 16.7. The van der Waals surface area contributed by atoms with Crippen LogP contribution in [0.2, 0.25) is 0 Å². The largest absolute Gasteiger partial charge is 0.490 e. The number of likely N-dealkylation sites (tertiary alicyclic amines) is 1. The lowest BCUT2D eigenvalue weighted by atomic mass is 9.88. The number of nitrogens with one attached hydrogen (secondary N) is 1. The molecule has 208 valence electrons. The third kappa shape index (κ3) is 5.13. The van der Waals surface area contributed by atoms with Crippen molar-refractivity contribution in [2.45, 2.75) is 44.7 Å². The van der Waals surface area contributed by atoms with E-state index in [-0.39, 0.29) is 5.56 Å². The highest BCUT2D eigenvalue weighted by molar-refractivity contribution is 5.87. The predicted molar refractivity (Wildman–Crippen MR) is 159 cm³/mol. The minimum Gasteiger partial charge on any atom is -0.490 e. The maximum absolute atomic E-state index is 12.9. The van der Waals surface area contributed by atoms with Crippen LogP contribution >= 0.6 is 0 Å². The van der Waals surface area contributed by atoms with Gasteiger partial charge in [0.05, 0.1) is 36.6 Å². The van der Waals surface area contributed by atoms with Crippen molar-refractivity contribution in [1.29, 1.82) is 5.41 Å². The Kier molecular flexibility index (Phi) is 6.80. The molecule has 0 bridgehead atoms. The average Bonchev–Trinajstić information content (AvgIpc) is 3.36. The van der Waals surface area contributed by atoms with Crippen LogP contribution in [0.15, 0.2) is 71.9 Å². The third-order valence-corrected chi connectivity index (χ3v) is 8.62. The molecule has 1 N–H and O–H groups in total. The van der Waals surface area contributed by atoms with Gasteiger partial charge in [0.2, 0.25) is 5.78 Å². The molecule has 0 atom stereocenters. The van der Waals surface area contributed by atoms with Crippen LogP contribution in [0.25, 0.3) is 28.2 Å². The Labute approximate surface area is 238 Å². The maximum atomic E-state index is 12.9. The Morgan fingerprint density at radius 1 is 1.00 bits per heavy atom. The molecule has 1 saturated heterocycles. The van der Waals surface area contributed by atoms with Gasteiger partial charge in [-0.3, -0.25) is 13.8 Å². The minimum atomic E-state index is -0.128. The zero-order valence-electron chi connectivity index (χ0n) is 22.9. The van der Waals surface area contributed by atoms with E-state index < -0.39 is 0 Å². The average molecular weight is 548 g/mol. The zero-order chi connectivity index (χ0) is 27.8. The molecular weight excluding hydrogens is 514 g/mol. The van der Waals surface area contributed by atoms with Gasteiger partial charge >= 0.3 is 0 Å². The first-order chi connectivity index (χ1) is 20.1. The molecule has 3 aromatic heterocycles. The van der Waals surface area contributed by atoms with Crippen molar-refractivity contribution in [3.05, 3.63) is 88.6 Å². The summed E-state index contributed by atoms with van der Waals surface area (Å²) < 4.78 is 9.63. The Morgan fingerprint density at radius 2 is 1.83 bits per heavy atom. The van der Waals surface area contributed by atoms with Gasteiger partial charge in [-0.25, -0.2) is 15.0 Å². The smallest absolute Gasteiger partial charge is 0.255 e. The highest BCUT2D eigenvalue weighted by Crippen LogP contribution is 2.29. The van der Waals surface area contributed by atoms with E-state index in [1.165, 1.54) is 51.4 Å². The topological polar surface area (TPSA) is 101 Å². The third-order valence-electron chi connectivity index (χ3n) is 8.62. The number of aromatic nitrogens is 5. The molecule has 2 aliphatic rings. The van der Waals surface area contributed by atoms with Gasteiger partial charge in [0.25, 0.3) is 5.56 Å². The quantitative estimate of drug-likeness (QED) is 0.280. The molecule has 9 heteroatoms. The van der Waals surface area contributed by atoms with E-state index in [0.29, 0.717) is 36.4 Å². The van der Waals surface area contributed by atoms with Crippen LogP contribution in [0.3, 0.4) is 0 Å². The first-order valence-corrected chi connectivity index (χ1v) is 14.4. The fourth-order valence-corrected chi connectivity index (χ4v) is 5.98. The highest BCUT2D eigenvalue weighted by atomic mass is 16.5. The van der Waals surface area contributed by atoms with E-state index in [1.807, 2.05) is 46.9 Å². The van der Waals surface area contributed by atoms with E-state index in [2.05, 4.69) is 14.9 Å². The van der Waals surface area contributed by atoms with Crippen LogP contribution in [0, 0.1) is 11.3 Å². The molecule has 1 aliphatic carbocycles. The molecule has 0 unspecified atom stereocenters. The van der Waals surface area contributed by atoms with Crippen molar-refractivity contribution in [3.63, 3.8) is 0 Å². The molecular formula is C32H33N7O2. The van der Waals surface area contributed by atoms with Crippen molar-refractivity contribution < 1.29 is 4.74 Å². The molecule has 41 heavy (non-hydrogen) atoms. The Morgan fingerprint density at radius 3 is 2.59 bits per heavy atom. The minimum absolute atomic E-state index is 0.128. The second-order valence-electron chi connectivity index (χ2n) is 11.2. The number of imidazole rings is 1. The van der Waals surface area contributed by atoms with Gasteiger partial charge < -0.3 is 15.0 Å². The van der Waals surface area contributed by atoms with Crippen molar-refractivity contribution in [3.8, 4) is 17.1 Å². The molecule has 2 aromatic carbocycles. The summed E-state index contributed by atoms with van der Waals surface area (Å²) in [6, 6.07) is 15.9. The van der Waals surface area contributed by atoms with E-state index in [4.69, 9.17) is 15.1 Å². The number of rotatable bonds is 8. The zero-order valence-corrected chi connectivity index (χ0v) is 22.9. The highest BCUT2D eigenvalue weighted by Gasteiger charge is 2.28. The number of ether oxygens (including phenoxy) is 1. The molecule has 0 amide bonds. The van der Waals surface area contributed by atoms with Crippen LogP contribution < -0.4 is 10.3 Å². The molecule has 4 heterocycles. The Bertz CT molecular complexity index is 1760. The number of nitrogens with zero attached hydrogens (tertiary/aromatic N) is 6. The van der Waals surface area contributed by atoms with Gasteiger partial charge in [-0.1, -0.05) is 30.7 Å². The molecule has 1 saturated carbocycles. The summed E-state index contributed by atoms with van der Waals surface area (Å²) in [4.78, 5) is 29.4. The van der Waals surface area contributed by atoms with Crippen molar-refractivity contribution in [1.82, 2.24) is 28.8 Å². The fraction of sp³-hybridized carbons (Fsp3) is 0.344. The fourth-order valence-electron chi connectivity index (χ4n) is 5.98. The van der Waals surface area contributed by atoms with E-state index >= 15 is 0 Å². The number of fused-ring (bicyclic) bond motifs is 3. The van der Waals surface area contributed by atoms with Crippen LogP contribution in [0.4, 0.5) is 0 Å². The summed E-state index contributed by atoms with van der Waals surface area (Å²) in [5, 5.41) is 7.57. The lowest BCUT2D eigenvalue weighted by Gasteiger charge is -2.41. The van der Waals surface area contributed by atoms with Crippen molar-refractivity contribution in [2.75, 3.05) is 19.7 Å². The summed E-state index contributed by atoms with van der Waals surface area (Å²) in [7, 11) is 0. The van der Waals surface area contributed by atoms with Gasteiger partial charge in [0, 0.05) is 30.1 Å². The molecule has 9 nitrogen and oxygen atoms in total.